The van der Waals surface area contributed by atoms with Crippen LogP contribution >= 0.6 is 11.3 Å². The zero-order valence-corrected chi connectivity index (χ0v) is 15.6. The molecule has 0 radical (unpaired) electrons. The molecule has 4 rings (SSSR count). The number of fused-ring (bicyclic) bond motifs is 1. The van der Waals surface area contributed by atoms with Crippen LogP contribution in [0.3, 0.4) is 0 Å². The Kier molecular flexibility index (Phi) is 4.89. The van der Waals surface area contributed by atoms with Crippen LogP contribution in [0.5, 0.6) is 0 Å². The van der Waals surface area contributed by atoms with Crippen LogP contribution in [-0.2, 0) is 29.0 Å². The van der Waals surface area contributed by atoms with Crippen molar-refractivity contribution in [3.8, 4) is 0 Å². The molecule has 2 heterocycles. The van der Waals surface area contributed by atoms with Crippen LogP contribution in [0.25, 0.3) is 0 Å². The standard InChI is InChI=1S/C19H20N4O3S/c24-16(22-18-20-13-7-4-8-15(13)27-18)10-9-14-17(25)23(19(26)21-14)11-12-5-2-1-3-6-12/h1-3,5-6,14H,4,7-11H2,(H,21,26)(H,20,22,24)/t14-/m0/s1. The molecule has 1 aliphatic carbocycles. The van der Waals surface area contributed by atoms with E-state index in [0.717, 1.165) is 30.5 Å². The second-order valence-corrected chi connectivity index (χ2v) is 7.82. The molecule has 1 saturated heterocycles. The number of hydrogen-bond donors (Lipinski definition) is 2. The van der Waals surface area contributed by atoms with Gasteiger partial charge in [0.25, 0.3) is 5.91 Å². The van der Waals surface area contributed by atoms with E-state index < -0.39 is 12.1 Å². The number of carbonyl (C=O) groups is 3. The summed E-state index contributed by atoms with van der Waals surface area (Å²) in [6.45, 7) is 0.235. The van der Waals surface area contributed by atoms with Crippen LogP contribution in [0.4, 0.5) is 9.93 Å². The molecule has 1 atom stereocenters. The molecule has 2 aromatic rings. The number of aryl methyl sites for hydroxylation is 2. The minimum atomic E-state index is -0.659. The van der Waals surface area contributed by atoms with E-state index in [-0.39, 0.29) is 31.2 Å². The smallest absolute Gasteiger partial charge is 0.325 e. The lowest BCUT2D eigenvalue weighted by Gasteiger charge is -2.13. The van der Waals surface area contributed by atoms with Gasteiger partial charge in [0.15, 0.2) is 5.13 Å². The van der Waals surface area contributed by atoms with E-state index in [1.165, 1.54) is 21.1 Å². The molecule has 1 aromatic heterocycles. The first-order chi connectivity index (χ1) is 13.1. The van der Waals surface area contributed by atoms with Gasteiger partial charge in [-0.25, -0.2) is 9.78 Å². The number of rotatable bonds is 6. The monoisotopic (exact) mass is 384 g/mol. The average molecular weight is 384 g/mol. The van der Waals surface area contributed by atoms with Crippen LogP contribution < -0.4 is 10.6 Å². The van der Waals surface area contributed by atoms with Crippen molar-refractivity contribution in [1.29, 1.82) is 0 Å². The Morgan fingerprint density at radius 3 is 2.85 bits per heavy atom. The molecular weight excluding hydrogens is 364 g/mol. The summed E-state index contributed by atoms with van der Waals surface area (Å²) in [6, 6.07) is 8.28. The number of thiazole rings is 1. The van der Waals surface area contributed by atoms with E-state index in [1.807, 2.05) is 30.3 Å². The zero-order chi connectivity index (χ0) is 18.8. The lowest BCUT2D eigenvalue weighted by atomic mass is 10.1. The molecular formula is C19H20N4O3S. The van der Waals surface area contributed by atoms with Crippen LogP contribution in [0.1, 0.15) is 35.4 Å². The van der Waals surface area contributed by atoms with Gasteiger partial charge >= 0.3 is 6.03 Å². The Morgan fingerprint density at radius 2 is 2.07 bits per heavy atom. The third-order valence-corrected chi connectivity index (χ3v) is 5.87. The van der Waals surface area contributed by atoms with Crippen molar-refractivity contribution in [3.63, 3.8) is 0 Å². The van der Waals surface area contributed by atoms with Gasteiger partial charge in [-0.2, -0.15) is 0 Å². The third-order valence-electron chi connectivity index (χ3n) is 4.79. The summed E-state index contributed by atoms with van der Waals surface area (Å²) in [4.78, 5) is 43.6. The number of imide groups is 1. The Morgan fingerprint density at radius 1 is 1.26 bits per heavy atom. The van der Waals surface area contributed by atoms with E-state index >= 15 is 0 Å². The van der Waals surface area contributed by atoms with Gasteiger partial charge in [-0.05, 0) is 31.2 Å². The fourth-order valence-corrected chi connectivity index (χ4v) is 4.46. The normalized spacial score (nSPS) is 18.5. The van der Waals surface area contributed by atoms with Gasteiger partial charge in [0.1, 0.15) is 6.04 Å². The number of carbonyl (C=O) groups excluding carboxylic acids is 3. The zero-order valence-electron chi connectivity index (χ0n) is 14.7. The molecule has 0 spiro atoms. The van der Waals surface area contributed by atoms with Crippen LogP contribution in [0, 0.1) is 0 Å². The molecule has 1 fully saturated rings. The van der Waals surface area contributed by atoms with Crippen LogP contribution in [0.2, 0.25) is 0 Å². The van der Waals surface area contributed by atoms with Gasteiger partial charge in [-0.3, -0.25) is 14.5 Å². The highest BCUT2D eigenvalue weighted by molar-refractivity contribution is 7.15. The summed E-state index contributed by atoms with van der Waals surface area (Å²) in [7, 11) is 0. The highest BCUT2D eigenvalue weighted by Gasteiger charge is 2.37. The SMILES string of the molecule is O=C(CC[C@@H]1NC(=O)N(Cc2ccccc2)C1=O)Nc1nc2c(s1)CCC2. The number of benzene rings is 1. The molecule has 7 nitrogen and oxygen atoms in total. The van der Waals surface area contributed by atoms with Crippen molar-refractivity contribution in [1.82, 2.24) is 15.2 Å². The Labute approximate surface area is 160 Å². The van der Waals surface area contributed by atoms with Gasteiger partial charge in [0.2, 0.25) is 5.91 Å². The Balaban J connectivity index is 1.29. The molecule has 8 heteroatoms. The maximum Gasteiger partial charge on any atom is 0.325 e. The molecule has 0 unspecified atom stereocenters. The van der Waals surface area contributed by atoms with Crippen LogP contribution in [0.15, 0.2) is 30.3 Å². The lowest BCUT2D eigenvalue weighted by molar-refractivity contribution is -0.128. The lowest BCUT2D eigenvalue weighted by Crippen LogP contribution is -2.31. The number of hydrogen-bond acceptors (Lipinski definition) is 5. The number of urea groups is 1. The van der Waals surface area contributed by atoms with E-state index in [2.05, 4.69) is 15.6 Å². The molecule has 2 N–H and O–H groups in total. The third kappa shape index (κ3) is 3.85. The molecule has 1 aliphatic heterocycles. The fourth-order valence-electron chi connectivity index (χ4n) is 3.39. The summed E-state index contributed by atoms with van der Waals surface area (Å²) in [5.74, 6) is -0.476. The summed E-state index contributed by atoms with van der Waals surface area (Å²) >= 11 is 1.52. The highest BCUT2D eigenvalue weighted by Crippen LogP contribution is 2.30. The number of aromatic nitrogens is 1. The largest absolute Gasteiger partial charge is 0.326 e. The van der Waals surface area contributed by atoms with Gasteiger partial charge in [-0.1, -0.05) is 30.3 Å². The van der Waals surface area contributed by atoms with Gasteiger partial charge in [0.05, 0.1) is 12.2 Å². The Hall–Kier alpha value is -2.74. The predicted octanol–water partition coefficient (Wildman–Crippen LogP) is 2.47. The number of nitrogens with one attached hydrogen (secondary N) is 2. The predicted molar refractivity (Wildman–Crippen MR) is 101 cm³/mol. The van der Waals surface area contributed by atoms with E-state index in [9.17, 15) is 14.4 Å². The first-order valence-corrected chi connectivity index (χ1v) is 9.86. The summed E-state index contributed by atoms with van der Waals surface area (Å²) in [6.07, 6.45) is 3.56. The highest BCUT2D eigenvalue weighted by atomic mass is 32.1. The molecule has 2 aliphatic rings. The summed E-state index contributed by atoms with van der Waals surface area (Å²) in [5, 5.41) is 6.09. The maximum absolute atomic E-state index is 12.5. The molecule has 0 saturated carbocycles. The van der Waals surface area contributed by atoms with E-state index in [4.69, 9.17) is 0 Å². The molecule has 27 heavy (non-hydrogen) atoms. The average Bonchev–Trinajstić information content (AvgIpc) is 3.31. The maximum atomic E-state index is 12.5. The number of nitrogens with zero attached hydrogens (tertiary/aromatic N) is 2. The summed E-state index contributed by atoms with van der Waals surface area (Å²) in [5.41, 5.74) is 1.97. The van der Waals surface area contributed by atoms with Crippen molar-refractivity contribution in [2.45, 2.75) is 44.7 Å². The second kappa shape index (κ2) is 7.48. The van der Waals surface area contributed by atoms with Crippen molar-refractivity contribution < 1.29 is 14.4 Å². The van der Waals surface area contributed by atoms with Crippen molar-refractivity contribution in [2.75, 3.05) is 5.32 Å². The quantitative estimate of drug-likeness (QED) is 0.749. The van der Waals surface area contributed by atoms with Crippen molar-refractivity contribution in [3.05, 3.63) is 46.5 Å². The van der Waals surface area contributed by atoms with Gasteiger partial charge in [0, 0.05) is 11.3 Å². The number of anilines is 1. The minimum absolute atomic E-state index is 0.153. The van der Waals surface area contributed by atoms with Crippen molar-refractivity contribution in [2.24, 2.45) is 0 Å². The first-order valence-electron chi connectivity index (χ1n) is 9.04. The van der Waals surface area contributed by atoms with Gasteiger partial charge in [-0.15, -0.1) is 11.3 Å². The molecule has 4 amide bonds. The minimum Gasteiger partial charge on any atom is -0.326 e. The first kappa shape index (κ1) is 17.7. The van der Waals surface area contributed by atoms with E-state index in [1.54, 1.807) is 0 Å². The molecule has 0 bridgehead atoms. The topological polar surface area (TPSA) is 91.4 Å². The second-order valence-electron chi connectivity index (χ2n) is 6.74. The fraction of sp³-hybridized carbons (Fsp3) is 0.368. The van der Waals surface area contributed by atoms with Gasteiger partial charge < -0.3 is 10.6 Å². The molecule has 140 valence electrons. The number of amides is 4. The van der Waals surface area contributed by atoms with Crippen LogP contribution in [-0.4, -0.2) is 33.8 Å². The molecule has 1 aromatic carbocycles. The van der Waals surface area contributed by atoms with E-state index in [0.29, 0.717) is 5.13 Å². The summed E-state index contributed by atoms with van der Waals surface area (Å²) < 4.78 is 0. The van der Waals surface area contributed by atoms with Crippen molar-refractivity contribution >= 4 is 34.3 Å². The Bertz CT molecular complexity index is 859.